The summed E-state index contributed by atoms with van der Waals surface area (Å²) < 4.78 is 6.44. The molecular formula is C24H22BrN3O3. The number of nitrogens with zero attached hydrogens (tertiary/aromatic N) is 1. The molecule has 158 valence electrons. The van der Waals surface area contributed by atoms with Crippen LogP contribution in [0.1, 0.15) is 34.5 Å². The van der Waals surface area contributed by atoms with Crippen molar-refractivity contribution in [2.75, 3.05) is 6.61 Å². The molecular weight excluding hydrogens is 458 g/mol. The number of ether oxygens (including phenoxy) is 1. The van der Waals surface area contributed by atoms with Crippen molar-refractivity contribution in [1.82, 2.24) is 10.7 Å². The maximum Gasteiger partial charge on any atom is 0.271 e. The number of hydrogen-bond donors (Lipinski definition) is 2. The summed E-state index contributed by atoms with van der Waals surface area (Å²) >= 11 is 3.33. The summed E-state index contributed by atoms with van der Waals surface area (Å²) in [6, 6.07) is 23.7. The average Bonchev–Trinajstić information content (AvgIpc) is 2.79. The van der Waals surface area contributed by atoms with Gasteiger partial charge in [0.2, 0.25) is 0 Å². The first kappa shape index (κ1) is 22.2. The molecule has 0 unspecified atom stereocenters. The lowest BCUT2D eigenvalue weighted by molar-refractivity contribution is -0.123. The van der Waals surface area contributed by atoms with Crippen LogP contribution < -0.4 is 15.5 Å². The van der Waals surface area contributed by atoms with Crippen LogP contribution >= 0.6 is 15.9 Å². The quantitative estimate of drug-likeness (QED) is 0.369. The maximum atomic E-state index is 12.1. The second-order valence-corrected chi connectivity index (χ2v) is 7.68. The Morgan fingerprint density at radius 3 is 2.35 bits per heavy atom. The largest absolute Gasteiger partial charge is 0.484 e. The molecule has 7 heteroatoms. The van der Waals surface area contributed by atoms with E-state index in [1.54, 1.807) is 48.5 Å². The molecule has 0 aliphatic carbocycles. The second-order valence-electron chi connectivity index (χ2n) is 6.76. The number of hydrazone groups is 1. The molecule has 0 aromatic heterocycles. The molecule has 0 heterocycles. The fourth-order valence-corrected chi connectivity index (χ4v) is 3.00. The van der Waals surface area contributed by atoms with Crippen LogP contribution in [0.5, 0.6) is 5.75 Å². The smallest absolute Gasteiger partial charge is 0.271 e. The summed E-state index contributed by atoms with van der Waals surface area (Å²) in [6.07, 6.45) is 1.54. The molecule has 0 fully saturated rings. The van der Waals surface area contributed by atoms with Crippen molar-refractivity contribution in [2.24, 2.45) is 5.10 Å². The van der Waals surface area contributed by atoms with Gasteiger partial charge in [-0.2, -0.15) is 5.10 Å². The van der Waals surface area contributed by atoms with Crippen molar-refractivity contribution in [3.63, 3.8) is 0 Å². The highest BCUT2D eigenvalue weighted by Crippen LogP contribution is 2.13. The van der Waals surface area contributed by atoms with E-state index in [9.17, 15) is 9.59 Å². The van der Waals surface area contributed by atoms with E-state index < -0.39 is 0 Å². The first-order chi connectivity index (χ1) is 15.0. The molecule has 3 aromatic carbocycles. The molecule has 0 bridgehead atoms. The number of carbonyl (C=O) groups excluding carboxylic acids is 2. The van der Waals surface area contributed by atoms with Crippen molar-refractivity contribution in [1.29, 1.82) is 0 Å². The third kappa shape index (κ3) is 7.08. The van der Waals surface area contributed by atoms with Crippen LogP contribution in [0.4, 0.5) is 0 Å². The van der Waals surface area contributed by atoms with Crippen molar-refractivity contribution in [3.8, 4) is 5.75 Å². The van der Waals surface area contributed by atoms with Gasteiger partial charge in [0.25, 0.3) is 11.8 Å². The van der Waals surface area contributed by atoms with E-state index in [4.69, 9.17) is 4.74 Å². The number of carbonyl (C=O) groups is 2. The van der Waals surface area contributed by atoms with E-state index in [1.165, 1.54) is 6.21 Å². The molecule has 1 atom stereocenters. The summed E-state index contributed by atoms with van der Waals surface area (Å²) in [5, 5.41) is 6.87. The van der Waals surface area contributed by atoms with E-state index in [2.05, 4.69) is 31.8 Å². The van der Waals surface area contributed by atoms with Gasteiger partial charge >= 0.3 is 0 Å². The summed E-state index contributed by atoms with van der Waals surface area (Å²) in [7, 11) is 0. The first-order valence-electron chi connectivity index (χ1n) is 9.67. The molecule has 3 rings (SSSR count). The zero-order valence-electron chi connectivity index (χ0n) is 16.9. The Morgan fingerprint density at radius 2 is 1.68 bits per heavy atom. The number of halogens is 1. The third-order valence-corrected chi connectivity index (χ3v) is 4.94. The Kier molecular flexibility index (Phi) is 7.95. The van der Waals surface area contributed by atoms with Crippen LogP contribution in [0.2, 0.25) is 0 Å². The van der Waals surface area contributed by atoms with Gasteiger partial charge in [-0.1, -0.05) is 46.3 Å². The molecule has 0 saturated heterocycles. The average molecular weight is 480 g/mol. The van der Waals surface area contributed by atoms with Crippen molar-refractivity contribution < 1.29 is 14.3 Å². The van der Waals surface area contributed by atoms with E-state index in [0.29, 0.717) is 11.3 Å². The lowest BCUT2D eigenvalue weighted by Gasteiger charge is -2.14. The van der Waals surface area contributed by atoms with Crippen LogP contribution in [0.3, 0.4) is 0 Å². The lowest BCUT2D eigenvalue weighted by atomic mass is 10.1. The van der Waals surface area contributed by atoms with Crippen molar-refractivity contribution in [2.45, 2.75) is 13.0 Å². The van der Waals surface area contributed by atoms with E-state index in [-0.39, 0.29) is 24.5 Å². The zero-order valence-corrected chi connectivity index (χ0v) is 18.5. The highest BCUT2D eigenvalue weighted by Gasteiger charge is 2.09. The van der Waals surface area contributed by atoms with E-state index in [0.717, 1.165) is 15.6 Å². The Balaban J connectivity index is 1.44. The standard InChI is InChI=1S/C24H22BrN3O3/c1-17(19-5-3-2-4-6-19)27-23(29)16-31-22-13-7-18(8-14-22)15-26-28-24(30)20-9-11-21(25)12-10-20/h2-15,17H,16H2,1H3,(H,27,29)(H,28,30)/b26-15-/t17-/m0/s1. The summed E-state index contributed by atoms with van der Waals surface area (Å²) in [5.41, 5.74) is 4.82. The molecule has 0 aliphatic heterocycles. The minimum absolute atomic E-state index is 0.0755. The number of benzene rings is 3. The Hall–Kier alpha value is -3.45. The fourth-order valence-electron chi connectivity index (χ4n) is 2.74. The second kappa shape index (κ2) is 11.1. The maximum absolute atomic E-state index is 12.1. The molecule has 3 aromatic rings. The highest BCUT2D eigenvalue weighted by atomic mass is 79.9. The molecule has 0 spiro atoms. The third-order valence-electron chi connectivity index (χ3n) is 4.41. The molecule has 0 radical (unpaired) electrons. The van der Waals surface area contributed by atoms with Crippen LogP contribution in [0.25, 0.3) is 0 Å². The predicted octanol–water partition coefficient (Wildman–Crippen LogP) is 4.47. The highest BCUT2D eigenvalue weighted by molar-refractivity contribution is 9.10. The van der Waals surface area contributed by atoms with Gasteiger partial charge < -0.3 is 10.1 Å². The first-order valence-corrected chi connectivity index (χ1v) is 10.5. The van der Waals surface area contributed by atoms with Crippen LogP contribution in [-0.2, 0) is 4.79 Å². The Bertz CT molecular complexity index is 1040. The van der Waals surface area contributed by atoms with Gasteiger partial charge in [-0.3, -0.25) is 9.59 Å². The summed E-state index contributed by atoms with van der Waals surface area (Å²) in [5.74, 6) is 0.0793. The summed E-state index contributed by atoms with van der Waals surface area (Å²) in [4.78, 5) is 24.1. The van der Waals surface area contributed by atoms with Gasteiger partial charge in [0.1, 0.15) is 5.75 Å². The molecule has 2 N–H and O–H groups in total. The Morgan fingerprint density at radius 1 is 1.00 bits per heavy atom. The van der Waals surface area contributed by atoms with Crippen LogP contribution in [0, 0.1) is 0 Å². The lowest BCUT2D eigenvalue weighted by Crippen LogP contribution is -2.31. The SMILES string of the molecule is C[C@H](NC(=O)COc1ccc(/C=N\NC(=O)c2ccc(Br)cc2)cc1)c1ccccc1. The van der Waals surface area contributed by atoms with Gasteiger partial charge in [-0.15, -0.1) is 0 Å². The Labute approximate surface area is 189 Å². The molecule has 0 saturated carbocycles. The van der Waals surface area contributed by atoms with Crippen molar-refractivity contribution in [3.05, 3.63) is 100 Å². The minimum atomic E-state index is -0.292. The zero-order chi connectivity index (χ0) is 22.1. The van der Waals surface area contributed by atoms with Gasteiger partial charge in [-0.25, -0.2) is 5.43 Å². The normalized spacial score (nSPS) is 11.7. The van der Waals surface area contributed by atoms with Gasteiger partial charge in [0.15, 0.2) is 6.61 Å². The molecule has 0 aliphatic rings. The molecule has 6 nitrogen and oxygen atoms in total. The number of hydrogen-bond acceptors (Lipinski definition) is 4. The van der Waals surface area contributed by atoms with E-state index in [1.807, 2.05) is 37.3 Å². The van der Waals surface area contributed by atoms with Gasteiger partial charge in [0.05, 0.1) is 12.3 Å². The monoisotopic (exact) mass is 479 g/mol. The number of nitrogens with one attached hydrogen (secondary N) is 2. The summed E-state index contributed by atoms with van der Waals surface area (Å²) in [6.45, 7) is 1.85. The van der Waals surface area contributed by atoms with E-state index >= 15 is 0 Å². The minimum Gasteiger partial charge on any atom is -0.484 e. The number of rotatable bonds is 8. The topological polar surface area (TPSA) is 79.8 Å². The van der Waals surface area contributed by atoms with Crippen LogP contribution in [0.15, 0.2) is 88.4 Å². The number of amides is 2. The van der Waals surface area contributed by atoms with Gasteiger partial charge in [0, 0.05) is 10.0 Å². The molecule has 31 heavy (non-hydrogen) atoms. The van der Waals surface area contributed by atoms with Crippen LogP contribution in [-0.4, -0.2) is 24.6 Å². The molecule has 2 amide bonds. The van der Waals surface area contributed by atoms with Gasteiger partial charge in [-0.05, 0) is 66.6 Å². The predicted molar refractivity (Wildman–Crippen MR) is 124 cm³/mol. The van der Waals surface area contributed by atoms with Crippen molar-refractivity contribution >= 4 is 34.0 Å². The fraction of sp³-hybridized carbons (Fsp3) is 0.125.